The first-order valence-electron chi connectivity index (χ1n) is 8.05. The van der Waals surface area contributed by atoms with Crippen LogP contribution in [0.3, 0.4) is 0 Å². The molecular weight excluding hydrogens is 310 g/mol. The normalized spacial score (nSPS) is 22.9. The zero-order valence-corrected chi connectivity index (χ0v) is 13.6. The average molecular weight is 331 g/mol. The maximum atomic E-state index is 12.7. The summed E-state index contributed by atoms with van der Waals surface area (Å²) in [6.45, 7) is 1.21. The van der Waals surface area contributed by atoms with Gasteiger partial charge < -0.3 is 10.5 Å². The number of methoxy groups -OCH3 is 1. The Morgan fingerprint density at radius 3 is 2.33 bits per heavy atom. The van der Waals surface area contributed by atoms with Gasteiger partial charge in [0.05, 0.1) is 25.3 Å². The van der Waals surface area contributed by atoms with Crippen LogP contribution in [0.4, 0.5) is 5.69 Å². The van der Waals surface area contributed by atoms with Crippen molar-refractivity contribution >= 4 is 23.4 Å². The molecule has 0 bridgehead atoms. The predicted octanol–water partition coefficient (Wildman–Crippen LogP) is 0.524. The molecule has 3 rings (SSSR count). The van der Waals surface area contributed by atoms with Crippen LogP contribution < -0.4 is 15.4 Å². The summed E-state index contributed by atoms with van der Waals surface area (Å²) in [5.41, 5.74) is 5.90. The van der Waals surface area contributed by atoms with Gasteiger partial charge >= 0.3 is 0 Å². The number of primary amides is 1. The van der Waals surface area contributed by atoms with Crippen LogP contribution in [-0.4, -0.2) is 48.9 Å². The van der Waals surface area contributed by atoms with Crippen molar-refractivity contribution in [2.75, 3.05) is 25.1 Å². The Labute approximate surface area is 140 Å². The first-order chi connectivity index (χ1) is 11.5. The largest absolute Gasteiger partial charge is 0.497 e. The number of carbonyl (C=O) groups is 3. The standard InChI is InChI=1S/C17H21N3O4/c1-24-13-4-2-12(3-5-13)20-15(21)10-14(17(20)23)19-8-6-11(7-9-19)16(18)22/h2-5,11,14H,6-10H2,1H3,(H2,18,22)/t14-/m1/s1. The Morgan fingerprint density at radius 1 is 1.17 bits per heavy atom. The SMILES string of the molecule is COc1ccc(N2C(=O)C[C@@H](N3CCC(C(N)=O)CC3)C2=O)cc1. The van der Waals surface area contributed by atoms with E-state index in [1.54, 1.807) is 31.4 Å². The number of piperidine rings is 1. The minimum absolute atomic E-state index is 0.133. The number of ether oxygens (including phenoxy) is 1. The minimum Gasteiger partial charge on any atom is -0.497 e. The maximum absolute atomic E-state index is 12.7. The molecule has 2 saturated heterocycles. The molecule has 0 spiro atoms. The Kier molecular flexibility index (Phi) is 4.53. The van der Waals surface area contributed by atoms with E-state index in [9.17, 15) is 14.4 Å². The number of rotatable bonds is 4. The summed E-state index contributed by atoms with van der Waals surface area (Å²) in [6.07, 6.45) is 1.44. The highest BCUT2D eigenvalue weighted by Gasteiger charge is 2.43. The number of imide groups is 1. The molecule has 0 radical (unpaired) electrons. The van der Waals surface area contributed by atoms with Crippen LogP contribution in [0.5, 0.6) is 5.75 Å². The summed E-state index contributed by atoms with van der Waals surface area (Å²) in [7, 11) is 1.56. The maximum Gasteiger partial charge on any atom is 0.251 e. The fourth-order valence-corrected chi connectivity index (χ4v) is 3.40. The molecule has 0 unspecified atom stereocenters. The highest BCUT2D eigenvalue weighted by molar-refractivity contribution is 6.22. The van der Waals surface area contributed by atoms with Gasteiger partial charge in [0.1, 0.15) is 5.75 Å². The third-order valence-corrected chi connectivity index (χ3v) is 4.83. The van der Waals surface area contributed by atoms with E-state index < -0.39 is 6.04 Å². The number of carbonyl (C=O) groups excluding carboxylic acids is 3. The van der Waals surface area contributed by atoms with Gasteiger partial charge in [0, 0.05) is 5.92 Å². The zero-order valence-electron chi connectivity index (χ0n) is 13.6. The Hall–Kier alpha value is -2.41. The number of benzene rings is 1. The molecule has 128 valence electrons. The molecule has 7 nitrogen and oxygen atoms in total. The topological polar surface area (TPSA) is 92.9 Å². The molecule has 0 saturated carbocycles. The number of hydrogen-bond acceptors (Lipinski definition) is 5. The third kappa shape index (κ3) is 2.99. The van der Waals surface area contributed by atoms with Crippen LogP contribution in [-0.2, 0) is 14.4 Å². The van der Waals surface area contributed by atoms with Gasteiger partial charge in [0.2, 0.25) is 11.8 Å². The molecule has 2 N–H and O–H groups in total. The van der Waals surface area contributed by atoms with Crippen molar-refractivity contribution in [3.63, 3.8) is 0 Å². The molecule has 0 aromatic heterocycles. The lowest BCUT2D eigenvalue weighted by atomic mass is 9.95. The van der Waals surface area contributed by atoms with E-state index in [0.29, 0.717) is 37.4 Å². The fraction of sp³-hybridized carbons (Fsp3) is 0.471. The molecule has 24 heavy (non-hydrogen) atoms. The van der Waals surface area contributed by atoms with E-state index in [1.165, 1.54) is 4.90 Å². The average Bonchev–Trinajstić information content (AvgIpc) is 2.89. The minimum atomic E-state index is -0.451. The Bertz CT molecular complexity index is 650. The van der Waals surface area contributed by atoms with Crippen molar-refractivity contribution in [2.24, 2.45) is 11.7 Å². The highest BCUT2D eigenvalue weighted by atomic mass is 16.5. The van der Waals surface area contributed by atoms with Crippen molar-refractivity contribution < 1.29 is 19.1 Å². The van der Waals surface area contributed by atoms with E-state index in [4.69, 9.17) is 10.5 Å². The van der Waals surface area contributed by atoms with E-state index >= 15 is 0 Å². The van der Waals surface area contributed by atoms with Crippen molar-refractivity contribution in [3.05, 3.63) is 24.3 Å². The molecule has 2 fully saturated rings. The number of nitrogens with two attached hydrogens (primary N) is 1. The van der Waals surface area contributed by atoms with Crippen LogP contribution in [0, 0.1) is 5.92 Å². The lowest BCUT2D eigenvalue weighted by Crippen LogP contribution is -2.47. The van der Waals surface area contributed by atoms with E-state index in [2.05, 4.69) is 0 Å². The van der Waals surface area contributed by atoms with Gasteiger partial charge in [-0.2, -0.15) is 0 Å². The van der Waals surface area contributed by atoms with Crippen molar-refractivity contribution in [1.29, 1.82) is 0 Å². The van der Waals surface area contributed by atoms with Gasteiger partial charge in [-0.05, 0) is 50.2 Å². The molecule has 1 atom stereocenters. The fourth-order valence-electron chi connectivity index (χ4n) is 3.40. The van der Waals surface area contributed by atoms with Crippen LogP contribution in [0.2, 0.25) is 0 Å². The first-order valence-corrected chi connectivity index (χ1v) is 8.05. The monoisotopic (exact) mass is 331 g/mol. The first kappa shape index (κ1) is 16.4. The van der Waals surface area contributed by atoms with Crippen LogP contribution in [0.25, 0.3) is 0 Å². The quantitative estimate of drug-likeness (QED) is 0.812. The second-order valence-electron chi connectivity index (χ2n) is 6.20. The van der Waals surface area contributed by atoms with Crippen molar-refractivity contribution in [3.8, 4) is 5.75 Å². The van der Waals surface area contributed by atoms with Crippen LogP contribution in [0.1, 0.15) is 19.3 Å². The van der Waals surface area contributed by atoms with Crippen molar-refractivity contribution in [1.82, 2.24) is 4.90 Å². The summed E-state index contributed by atoms with van der Waals surface area (Å²) < 4.78 is 5.10. The molecule has 1 aromatic carbocycles. The second-order valence-corrected chi connectivity index (χ2v) is 6.20. The number of amides is 3. The molecule has 1 aromatic rings. The van der Waals surface area contributed by atoms with E-state index in [1.807, 2.05) is 4.90 Å². The summed E-state index contributed by atoms with van der Waals surface area (Å²) in [5, 5.41) is 0. The zero-order chi connectivity index (χ0) is 17.3. The predicted molar refractivity (Wildman–Crippen MR) is 87.4 cm³/mol. The summed E-state index contributed by atoms with van der Waals surface area (Å²) in [6, 6.07) is 6.41. The Morgan fingerprint density at radius 2 is 1.79 bits per heavy atom. The van der Waals surface area contributed by atoms with E-state index in [-0.39, 0.29) is 30.1 Å². The lowest BCUT2D eigenvalue weighted by Gasteiger charge is -2.33. The van der Waals surface area contributed by atoms with Gasteiger partial charge in [0.15, 0.2) is 0 Å². The molecule has 7 heteroatoms. The number of hydrogen-bond donors (Lipinski definition) is 1. The number of likely N-dealkylation sites (tertiary alicyclic amines) is 1. The molecule has 0 aliphatic carbocycles. The summed E-state index contributed by atoms with van der Waals surface area (Å²) in [5.74, 6) is -0.160. The molecule has 3 amide bonds. The van der Waals surface area contributed by atoms with E-state index in [0.717, 1.165) is 0 Å². The summed E-state index contributed by atoms with van der Waals surface area (Å²) >= 11 is 0. The molecule has 2 aliphatic rings. The third-order valence-electron chi connectivity index (χ3n) is 4.83. The molecular formula is C17H21N3O4. The van der Waals surface area contributed by atoms with Gasteiger partial charge in [-0.15, -0.1) is 0 Å². The number of anilines is 1. The number of nitrogens with zero attached hydrogens (tertiary/aromatic N) is 2. The Balaban J connectivity index is 1.71. The lowest BCUT2D eigenvalue weighted by molar-refractivity contribution is -0.124. The molecule has 2 heterocycles. The molecule has 2 aliphatic heterocycles. The van der Waals surface area contributed by atoms with Gasteiger partial charge in [-0.25, -0.2) is 4.90 Å². The summed E-state index contributed by atoms with van der Waals surface area (Å²) in [4.78, 5) is 39.5. The van der Waals surface area contributed by atoms with Crippen molar-refractivity contribution in [2.45, 2.75) is 25.3 Å². The smallest absolute Gasteiger partial charge is 0.251 e. The van der Waals surface area contributed by atoms with Crippen LogP contribution >= 0.6 is 0 Å². The van der Waals surface area contributed by atoms with Gasteiger partial charge in [-0.1, -0.05) is 0 Å². The van der Waals surface area contributed by atoms with Crippen LogP contribution in [0.15, 0.2) is 24.3 Å². The van der Waals surface area contributed by atoms with Gasteiger partial charge in [0.25, 0.3) is 5.91 Å². The van der Waals surface area contributed by atoms with Gasteiger partial charge in [-0.3, -0.25) is 19.3 Å². The second kappa shape index (κ2) is 6.60. The highest BCUT2D eigenvalue weighted by Crippen LogP contribution is 2.29.